The Morgan fingerprint density at radius 2 is 0.669 bits per heavy atom. The summed E-state index contributed by atoms with van der Waals surface area (Å²) in [4.78, 5) is 0. The van der Waals surface area contributed by atoms with Crippen LogP contribution < -0.4 is 22.8 Å². The molecule has 124 heavy (non-hydrogen) atoms. The highest BCUT2D eigenvalue weighted by atomic mass is 28.5. The first-order chi connectivity index (χ1) is 57.8. The van der Waals surface area contributed by atoms with Crippen LogP contribution in [0.2, 0.25) is 135 Å². The Bertz CT molecular complexity index is 4690. The number of benzene rings is 10. The number of hydrogen-bond acceptors (Lipinski definition) is 16. The number of aliphatic hydroxyl groups is 1. The van der Waals surface area contributed by atoms with Crippen molar-refractivity contribution in [3.63, 3.8) is 0 Å². The van der Waals surface area contributed by atoms with Gasteiger partial charge in [-0.3, -0.25) is 0 Å². The zero-order chi connectivity index (χ0) is 92.1. The zero-order valence-corrected chi connectivity index (χ0v) is 86.9. The molecule has 0 radical (unpaired) electrons. The van der Waals surface area contributed by atoms with Crippen molar-refractivity contribution in [2.75, 3.05) is 14.2 Å². The molecule has 0 fully saturated rings. The van der Waals surface area contributed by atoms with Crippen molar-refractivity contribution in [3.05, 3.63) is 292 Å². The number of ether oxygens (including phenoxy) is 2. The van der Waals surface area contributed by atoms with Crippen molar-refractivity contribution in [1.29, 1.82) is 0 Å². The number of methoxy groups -OCH3 is 2. The second kappa shape index (κ2) is 46.8. The largest absolute Gasteiger partial charge is 0.521 e. The van der Waals surface area contributed by atoms with Crippen LogP contribution in [0.4, 0.5) is 0 Å². The van der Waals surface area contributed by atoms with Gasteiger partial charge in [-0.1, -0.05) is 161 Å². The number of hydrogen-bond donors (Lipinski definition) is 7. The lowest BCUT2D eigenvalue weighted by molar-refractivity contribution is 0.275. The molecule has 10 aromatic rings. The summed E-state index contributed by atoms with van der Waals surface area (Å²) < 4.78 is 54.4. The molecular weight excluding hydrogens is 1680 g/mol. The van der Waals surface area contributed by atoms with Crippen LogP contribution in [0.3, 0.4) is 0 Å². The molecule has 0 saturated carbocycles. The standard InChI is InChI=1S/C24H38O5Si2.C23H36O2Si2.C20H30O3Si2.C17H20O.C16H22O5Si2/c1-28-24-17-20(11-13-23(24)27)9-7-15-31(4,5)29-30(2,3)14-6-8-19-10-12-22(26)21(16-19)18-25;1-20-12-6-7-13-21(20)15-10-18-26(2,3)25-27(4,5)19-11-16-22-14-8-9-17-23(22)24;1-20(2,16-8-12-18(21)13-9-16)17-10-14-19(15-11-17)22-25(6,7)23-24(3,4)5;1-13-5-7-14(8-6-13)17(2,3)15-9-11-16(18-4)12-10-15;1-22(2,19-15-9-5-7-13(17)11-15)21-23(3,4)20-16-10-6-8-14(18)12-16/h10-13,16-17,25-27H,6-9,14-15,18H2,1-5H3;6-9,12-14,17,24H,10-11,15-16,18-19H2,1-5H3;8-15,21H,1-7H3;5-12H,1-4H3;5-12,17-18H,1-4H3. The molecule has 0 bridgehead atoms. The van der Waals surface area contributed by atoms with Crippen LogP contribution in [0.15, 0.2) is 231 Å². The minimum atomic E-state index is -2.51. The van der Waals surface area contributed by atoms with E-state index in [0.717, 1.165) is 91.3 Å². The molecule has 0 aliphatic heterocycles. The molecule has 10 rings (SSSR count). The van der Waals surface area contributed by atoms with Gasteiger partial charge in [0.05, 0.1) is 20.8 Å². The fourth-order valence-corrected chi connectivity index (χ4v) is 46.4. The monoisotopic (exact) mass is 1830 g/mol. The average Bonchev–Trinajstić information content (AvgIpc) is 0.801. The summed E-state index contributed by atoms with van der Waals surface area (Å²) in [5.41, 5.74) is 13.0. The number of rotatable bonds is 37. The maximum atomic E-state index is 9.92. The molecule has 16 nitrogen and oxygen atoms in total. The molecule has 0 unspecified atom stereocenters. The Kier molecular flexibility index (Phi) is 39.4. The molecule has 0 amide bonds. The highest BCUT2D eigenvalue weighted by molar-refractivity contribution is 6.85. The summed E-state index contributed by atoms with van der Waals surface area (Å²) in [6.07, 6.45) is 8.38. The second-order valence-electron chi connectivity index (χ2n) is 38.1. The van der Waals surface area contributed by atoms with E-state index in [4.69, 9.17) is 39.2 Å². The summed E-state index contributed by atoms with van der Waals surface area (Å²) in [7, 11) is -12.4. The van der Waals surface area contributed by atoms with Gasteiger partial charge in [0.2, 0.25) is 0 Å². The van der Waals surface area contributed by atoms with Crippen LogP contribution >= 0.6 is 0 Å². The van der Waals surface area contributed by atoms with Crippen molar-refractivity contribution >= 4 is 67.3 Å². The minimum Gasteiger partial charge on any atom is -0.521 e. The third kappa shape index (κ3) is 37.2. The van der Waals surface area contributed by atoms with Crippen LogP contribution in [0.5, 0.6) is 63.2 Å². The maximum Gasteiger partial charge on any atom is 0.384 e. The molecule has 0 aromatic heterocycles. The first kappa shape index (κ1) is 104. The van der Waals surface area contributed by atoms with Crippen LogP contribution in [0, 0.1) is 13.8 Å². The van der Waals surface area contributed by atoms with E-state index in [9.17, 15) is 35.7 Å². The lowest BCUT2D eigenvalue weighted by Crippen LogP contribution is -2.52. The Morgan fingerprint density at radius 1 is 0.298 bits per heavy atom. The summed E-state index contributed by atoms with van der Waals surface area (Å²) in [5, 5.41) is 67.2. The molecule has 24 heteroatoms. The second-order valence-corrected chi connectivity index (χ2v) is 70.7. The predicted molar refractivity (Wildman–Crippen MR) is 532 cm³/mol. The van der Waals surface area contributed by atoms with Crippen molar-refractivity contribution in [1.82, 2.24) is 0 Å². The summed E-state index contributed by atoms with van der Waals surface area (Å²) in [5.74, 6) is 4.78. The Balaban J connectivity index is 0.000000242. The van der Waals surface area contributed by atoms with Crippen molar-refractivity contribution < 1.29 is 75.0 Å². The quantitative estimate of drug-likeness (QED) is 0.0180. The summed E-state index contributed by atoms with van der Waals surface area (Å²) in [6.45, 7) is 50.2. The number of para-hydroxylation sites is 1. The van der Waals surface area contributed by atoms with Gasteiger partial charge in [-0.25, -0.2) is 0 Å². The van der Waals surface area contributed by atoms with Gasteiger partial charge in [-0.15, -0.1) is 0 Å². The highest BCUT2D eigenvalue weighted by Crippen LogP contribution is 2.38. The number of aliphatic hydroxyl groups excluding tert-OH is 1. The van der Waals surface area contributed by atoms with Crippen LogP contribution in [-0.4, -0.2) is 117 Å². The van der Waals surface area contributed by atoms with Gasteiger partial charge in [-0.2, -0.15) is 0 Å². The van der Waals surface area contributed by atoms with E-state index in [0.29, 0.717) is 28.6 Å². The molecule has 10 aromatic carbocycles. The van der Waals surface area contributed by atoms with Gasteiger partial charge in [0, 0.05) is 28.5 Å². The van der Waals surface area contributed by atoms with Crippen molar-refractivity contribution in [2.45, 2.75) is 246 Å². The molecule has 674 valence electrons. The van der Waals surface area contributed by atoms with Gasteiger partial charge < -0.3 is 75.0 Å². The van der Waals surface area contributed by atoms with Gasteiger partial charge >= 0.3 is 25.7 Å². The van der Waals surface area contributed by atoms with E-state index < -0.39 is 67.3 Å². The smallest absolute Gasteiger partial charge is 0.384 e. The molecule has 0 aliphatic carbocycles. The van der Waals surface area contributed by atoms with Crippen molar-refractivity contribution in [3.8, 4) is 63.2 Å². The fourth-order valence-electron chi connectivity index (χ4n) is 15.4. The predicted octanol–water partition coefficient (Wildman–Crippen LogP) is 26.2. The van der Waals surface area contributed by atoms with E-state index in [1.54, 1.807) is 93.1 Å². The first-order valence-corrected chi connectivity index (χ1v) is 67.8. The van der Waals surface area contributed by atoms with Gasteiger partial charge in [-0.05, 0) is 342 Å². The minimum absolute atomic E-state index is 0.0139. The van der Waals surface area contributed by atoms with Crippen molar-refractivity contribution in [2.24, 2.45) is 0 Å². The van der Waals surface area contributed by atoms with E-state index in [1.165, 1.54) is 51.4 Å². The van der Waals surface area contributed by atoms with E-state index in [1.807, 2.05) is 105 Å². The van der Waals surface area contributed by atoms with E-state index in [2.05, 4.69) is 199 Å². The number of aromatic hydroxyl groups is 6. The number of phenols is 6. The molecule has 0 heterocycles. The number of phenolic OH excluding ortho intramolecular Hbond substituents is 5. The topological polar surface area (TPSA) is 225 Å². The third-order valence-electron chi connectivity index (χ3n) is 21.4. The first-order valence-electron chi connectivity index (χ1n) is 43.5. The SMILES string of the molecule is CC(C)(c1ccc(O)cc1)c1ccc(O[Si](C)(C)O[Si](C)(C)C)cc1.COc1cc(CCC[Si](C)(C)O[Si](C)(C)CCCc2ccc(O)c(CO)c2)ccc1O.COc1ccc(C(C)(C)c2ccc(C)cc2)cc1.C[Si](C)(Oc1cccc(O)c1)O[Si](C)(C)Oc1cccc(O)c1.Cc1ccccc1CCC[Si](C)(C)O[Si](C)(C)CCCc1ccccc1O. The third-order valence-corrected chi connectivity index (χ3v) is 47.0. The van der Waals surface area contributed by atoms with E-state index in [-0.39, 0.29) is 46.2 Å². The normalized spacial score (nSPS) is 12.2. The average molecular weight is 1830 g/mol. The lowest BCUT2D eigenvalue weighted by Gasteiger charge is -2.34. The molecule has 0 aliphatic rings. The summed E-state index contributed by atoms with van der Waals surface area (Å²) in [6, 6.07) is 78.1. The fraction of sp³-hybridized carbons (Fsp3) is 0.400. The molecule has 7 N–H and O–H groups in total. The Hall–Kier alpha value is -8.46. The van der Waals surface area contributed by atoms with E-state index >= 15 is 0 Å². The highest BCUT2D eigenvalue weighted by Gasteiger charge is 2.40. The maximum absolute atomic E-state index is 9.92. The molecule has 0 atom stereocenters. The lowest BCUT2D eigenvalue weighted by atomic mass is 9.78. The number of aryl methyl sites for hydroxylation is 6. The summed E-state index contributed by atoms with van der Waals surface area (Å²) >= 11 is 0. The zero-order valence-electron chi connectivity index (χ0n) is 78.9. The van der Waals surface area contributed by atoms with Gasteiger partial charge in [0.1, 0.15) is 51.7 Å². The molecular formula is C100H146O16Si8. The molecule has 0 saturated heterocycles. The Labute approximate surface area is 752 Å². The van der Waals surface area contributed by atoms with Crippen LogP contribution in [-0.2, 0) is 59.6 Å². The van der Waals surface area contributed by atoms with Crippen LogP contribution in [0.25, 0.3) is 0 Å². The molecule has 0 spiro atoms. The van der Waals surface area contributed by atoms with Gasteiger partial charge in [0.25, 0.3) is 0 Å². The Morgan fingerprint density at radius 3 is 1.09 bits per heavy atom. The van der Waals surface area contributed by atoms with Gasteiger partial charge in [0.15, 0.2) is 53.1 Å². The van der Waals surface area contributed by atoms with Crippen LogP contribution in [0.1, 0.15) is 115 Å².